The van der Waals surface area contributed by atoms with E-state index in [2.05, 4.69) is 10.3 Å². The minimum atomic E-state index is -0.0486. The lowest BCUT2D eigenvalue weighted by atomic mass is 10.2. The van der Waals surface area contributed by atoms with Crippen molar-refractivity contribution in [2.75, 3.05) is 11.9 Å². The van der Waals surface area contributed by atoms with Gasteiger partial charge in [0.1, 0.15) is 11.6 Å². The minimum Gasteiger partial charge on any atom is -0.492 e. The second-order valence-corrected chi connectivity index (χ2v) is 3.72. The molecule has 0 aliphatic carbocycles. The van der Waals surface area contributed by atoms with E-state index in [4.69, 9.17) is 4.74 Å². The van der Waals surface area contributed by atoms with E-state index < -0.39 is 0 Å². The Morgan fingerprint density at radius 1 is 1.22 bits per heavy atom. The maximum absolute atomic E-state index is 9.26. The molecule has 2 N–H and O–H groups in total. The van der Waals surface area contributed by atoms with Crippen LogP contribution in [0, 0.1) is 0 Å². The quantitative estimate of drug-likeness (QED) is 0.849. The molecule has 0 unspecified atom stereocenters. The second-order valence-electron chi connectivity index (χ2n) is 3.72. The standard InChI is InChI=1S/C14H16N2O2/c1-2-18-13-8-4-3-7-12(13)16-14-11(10-17)6-5-9-15-14/h3-9,17H,2,10H2,1H3,(H,15,16). The number of hydrogen-bond donors (Lipinski definition) is 2. The Morgan fingerprint density at radius 3 is 2.83 bits per heavy atom. The highest BCUT2D eigenvalue weighted by molar-refractivity contribution is 5.65. The van der Waals surface area contributed by atoms with E-state index >= 15 is 0 Å². The van der Waals surface area contributed by atoms with Crippen molar-refractivity contribution in [3.8, 4) is 5.75 Å². The van der Waals surface area contributed by atoms with Crippen molar-refractivity contribution in [1.82, 2.24) is 4.98 Å². The summed E-state index contributed by atoms with van der Waals surface area (Å²) in [4.78, 5) is 4.22. The number of anilines is 2. The van der Waals surface area contributed by atoms with Crippen LogP contribution in [0.15, 0.2) is 42.6 Å². The Bertz CT molecular complexity index is 515. The van der Waals surface area contributed by atoms with Gasteiger partial charge >= 0.3 is 0 Å². The SMILES string of the molecule is CCOc1ccccc1Nc1ncccc1CO. The summed E-state index contributed by atoms with van der Waals surface area (Å²) in [5.41, 5.74) is 1.59. The van der Waals surface area contributed by atoms with Gasteiger partial charge in [-0.15, -0.1) is 0 Å². The Labute approximate surface area is 106 Å². The molecule has 0 atom stereocenters. The topological polar surface area (TPSA) is 54.4 Å². The summed E-state index contributed by atoms with van der Waals surface area (Å²) in [7, 11) is 0. The van der Waals surface area contributed by atoms with Crippen LogP contribution >= 0.6 is 0 Å². The first kappa shape index (κ1) is 12.4. The van der Waals surface area contributed by atoms with Crippen molar-refractivity contribution in [2.45, 2.75) is 13.5 Å². The molecule has 1 heterocycles. The van der Waals surface area contributed by atoms with Gasteiger partial charge in [-0.3, -0.25) is 0 Å². The van der Waals surface area contributed by atoms with Crippen LogP contribution in [0.5, 0.6) is 5.75 Å². The fraction of sp³-hybridized carbons (Fsp3) is 0.214. The van der Waals surface area contributed by atoms with Gasteiger partial charge < -0.3 is 15.2 Å². The number of aromatic nitrogens is 1. The number of nitrogens with one attached hydrogen (secondary N) is 1. The molecular weight excluding hydrogens is 228 g/mol. The van der Waals surface area contributed by atoms with Crippen LogP contribution in [0.2, 0.25) is 0 Å². The van der Waals surface area contributed by atoms with E-state index in [9.17, 15) is 5.11 Å². The Kier molecular flexibility index (Phi) is 4.15. The Hall–Kier alpha value is -2.07. The third-order valence-corrected chi connectivity index (χ3v) is 2.50. The zero-order valence-corrected chi connectivity index (χ0v) is 10.3. The fourth-order valence-corrected chi connectivity index (χ4v) is 1.66. The van der Waals surface area contributed by atoms with E-state index in [1.54, 1.807) is 12.3 Å². The number of pyridine rings is 1. The number of aliphatic hydroxyl groups excluding tert-OH is 1. The molecule has 1 aromatic carbocycles. The van der Waals surface area contributed by atoms with E-state index in [1.807, 2.05) is 37.3 Å². The molecule has 0 aliphatic heterocycles. The maximum atomic E-state index is 9.26. The van der Waals surface area contributed by atoms with Crippen LogP contribution in [0.1, 0.15) is 12.5 Å². The van der Waals surface area contributed by atoms with Gasteiger partial charge in [-0.2, -0.15) is 0 Å². The van der Waals surface area contributed by atoms with Crippen molar-refractivity contribution in [3.05, 3.63) is 48.2 Å². The Balaban J connectivity index is 2.28. The fourth-order valence-electron chi connectivity index (χ4n) is 1.66. The molecule has 0 saturated heterocycles. The lowest BCUT2D eigenvalue weighted by Crippen LogP contribution is -2.01. The first-order valence-corrected chi connectivity index (χ1v) is 5.88. The van der Waals surface area contributed by atoms with Crippen molar-refractivity contribution < 1.29 is 9.84 Å². The number of rotatable bonds is 5. The molecule has 2 aromatic rings. The van der Waals surface area contributed by atoms with Gasteiger partial charge in [-0.1, -0.05) is 18.2 Å². The second kappa shape index (κ2) is 6.02. The van der Waals surface area contributed by atoms with Crippen LogP contribution in [-0.4, -0.2) is 16.7 Å². The monoisotopic (exact) mass is 244 g/mol. The predicted molar refractivity (Wildman–Crippen MR) is 71.1 cm³/mol. The third-order valence-electron chi connectivity index (χ3n) is 2.50. The zero-order chi connectivity index (χ0) is 12.8. The van der Waals surface area contributed by atoms with Gasteiger partial charge in [0, 0.05) is 11.8 Å². The molecule has 4 nitrogen and oxygen atoms in total. The summed E-state index contributed by atoms with van der Waals surface area (Å²) in [5.74, 6) is 1.42. The lowest BCUT2D eigenvalue weighted by molar-refractivity contribution is 0.282. The van der Waals surface area contributed by atoms with Crippen molar-refractivity contribution in [1.29, 1.82) is 0 Å². The molecular formula is C14H16N2O2. The summed E-state index contributed by atoms with van der Waals surface area (Å²) >= 11 is 0. The molecule has 4 heteroatoms. The first-order valence-electron chi connectivity index (χ1n) is 5.88. The highest BCUT2D eigenvalue weighted by Crippen LogP contribution is 2.27. The summed E-state index contributed by atoms with van der Waals surface area (Å²) in [6, 6.07) is 11.3. The molecule has 2 rings (SSSR count). The number of aliphatic hydroxyl groups is 1. The van der Waals surface area contributed by atoms with Gasteiger partial charge in [-0.05, 0) is 25.1 Å². The van der Waals surface area contributed by atoms with Crippen molar-refractivity contribution in [3.63, 3.8) is 0 Å². The normalized spacial score (nSPS) is 10.1. The van der Waals surface area contributed by atoms with Gasteiger partial charge in [0.25, 0.3) is 0 Å². The van der Waals surface area contributed by atoms with Gasteiger partial charge in [0.2, 0.25) is 0 Å². The lowest BCUT2D eigenvalue weighted by Gasteiger charge is -2.13. The largest absolute Gasteiger partial charge is 0.492 e. The highest BCUT2D eigenvalue weighted by Gasteiger charge is 2.06. The number of benzene rings is 1. The third kappa shape index (κ3) is 2.78. The summed E-state index contributed by atoms with van der Waals surface area (Å²) in [6.07, 6.45) is 1.69. The molecule has 1 aromatic heterocycles. The summed E-state index contributed by atoms with van der Waals surface area (Å²) in [5, 5.41) is 12.4. The average Bonchev–Trinajstić information content (AvgIpc) is 2.42. The van der Waals surface area contributed by atoms with E-state index in [0.29, 0.717) is 12.4 Å². The zero-order valence-electron chi connectivity index (χ0n) is 10.3. The van der Waals surface area contributed by atoms with E-state index in [1.165, 1.54) is 0 Å². The van der Waals surface area contributed by atoms with Crippen LogP contribution in [0.4, 0.5) is 11.5 Å². The minimum absolute atomic E-state index is 0.0486. The number of hydrogen-bond acceptors (Lipinski definition) is 4. The number of ether oxygens (including phenoxy) is 1. The van der Waals surface area contributed by atoms with Gasteiger partial charge in [0.05, 0.1) is 18.9 Å². The highest BCUT2D eigenvalue weighted by atomic mass is 16.5. The molecule has 0 saturated carbocycles. The maximum Gasteiger partial charge on any atom is 0.142 e. The first-order chi connectivity index (χ1) is 8.85. The molecule has 0 bridgehead atoms. The van der Waals surface area contributed by atoms with Gasteiger partial charge in [-0.25, -0.2) is 4.98 Å². The molecule has 94 valence electrons. The van der Waals surface area contributed by atoms with Crippen LogP contribution in [-0.2, 0) is 6.61 Å². The summed E-state index contributed by atoms with van der Waals surface area (Å²) in [6.45, 7) is 2.50. The molecule has 0 fully saturated rings. The summed E-state index contributed by atoms with van der Waals surface area (Å²) < 4.78 is 5.53. The van der Waals surface area contributed by atoms with E-state index in [0.717, 1.165) is 17.0 Å². The van der Waals surface area contributed by atoms with Gasteiger partial charge in [0.15, 0.2) is 0 Å². The number of nitrogens with zero attached hydrogens (tertiary/aromatic N) is 1. The van der Waals surface area contributed by atoms with E-state index in [-0.39, 0.29) is 6.61 Å². The van der Waals surface area contributed by atoms with Crippen LogP contribution in [0.3, 0.4) is 0 Å². The molecule has 18 heavy (non-hydrogen) atoms. The molecule has 0 radical (unpaired) electrons. The predicted octanol–water partition coefficient (Wildman–Crippen LogP) is 2.72. The molecule has 0 amide bonds. The van der Waals surface area contributed by atoms with Crippen molar-refractivity contribution >= 4 is 11.5 Å². The average molecular weight is 244 g/mol. The molecule has 0 spiro atoms. The molecule has 0 aliphatic rings. The van der Waals surface area contributed by atoms with Crippen molar-refractivity contribution in [2.24, 2.45) is 0 Å². The number of para-hydroxylation sites is 2. The Morgan fingerprint density at radius 2 is 2.06 bits per heavy atom. The van der Waals surface area contributed by atoms with Crippen LogP contribution in [0.25, 0.3) is 0 Å². The van der Waals surface area contributed by atoms with Crippen LogP contribution < -0.4 is 10.1 Å². The smallest absolute Gasteiger partial charge is 0.142 e.